The van der Waals surface area contributed by atoms with Gasteiger partial charge in [-0.3, -0.25) is 9.69 Å². The quantitative estimate of drug-likeness (QED) is 0.766. The lowest BCUT2D eigenvalue weighted by molar-refractivity contribution is -0.143. The number of carboxylic acid groups (broad SMARTS) is 1. The highest BCUT2D eigenvalue weighted by Gasteiger charge is 2.50. The van der Waals surface area contributed by atoms with Crippen LogP contribution >= 0.6 is 0 Å². The van der Waals surface area contributed by atoms with Crippen LogP contribution in [0.5, 0.6) is 0 Å². The third-order valence-corrected chi connectivity index (χ3v) is 3.56. The fourth-order valence-corrected chi connectivity index (χ4v) is 2.25. The molecule has 0 aliphatic carbocycles. The largest absolute Gasteiger partial charge is 0.480 e. The number of nitrogens with zero attached hydrogens (tertiary/aromatic N) is 1. The van der Waals surface area contributed by atoms with Crippen LogP contribution in [0.4, 0.5) is 0 Å². The first-order valence-electron chi connectivity index (χ1n) is 6.06. The van der Waals surface area contributed by atoms with E-state index in [0.29, 0.717) is 0 Å². The van der Waals surface area contributed by atoms with Crippen molar-refractivity contribution in [3.63, 3.8) is 0 Å². The SMILES string of the molecule is CC=CC[C@@H](C)[C@H]1OC(C)(C)N(C)[C@@H]1C(=O)O. The number of hydrogen-bond acceptors (Lipinski definition) is 3. The predicted molar refractivity (Wildman–Crippen MR) is 66.7 cm³/mol. The van der Waals surface area contributed by atoms with Gasteiger partial charge in [0.1, 0.15) is 11.8 Å². The summed E-state index contributed by atoms with van der Waals surface area (Å²) in [7, 11) is 1.81. The van der Waals surface area contributed by atoms with Crippen molar-refractivity contribution in [2.45, 2.75) is 52.0 Å². The van der Waals surface area contributed by atoms with Crippen LogP contribution in [-0.2, 0) is 9.53 Å². The highest BCUT2D eigenvalue weighted by Crippen LogP contribution is 2.35. The van der Waals surface area contributed by atoms with Crippen LogP contribution in [0.25, 0.3) is 0 Å². The van der Waals surface area contributed by atoms with E-state index in [9.17, 15) is 9.90 Å². The number of allylic oxidation sites excluding steroid dienone is 2. The number of hydrogen-bond donors (Lipinski definition) is 1. The highest BCUT2D eigenvalue weighted by atomic mass is 16.5. The Balaban J connectivity index is 2.86. The van der Waals surface area contributed by atoms with E-state index in [-0.39, 0.29) is 12.0 Å². The van der Waals surface area contributed by atoms with Crippen LogP contribution in [0.3, 0.4) is 0 Å². The first-order chi connectivity index (χ1) is 7.81. The molecule has 3 atom stereocenters. The fraction of sp³-hybridized carbons (Fsp3) is 0.769. The molecule has 1 aliphatic rings. The molecular formula is C13H23NO3. The van der Waals surface area contributed by atoms with Gasteiger partial charge >= 0.3 is 5.97 Å². The molecule has 1 rings (SSSR count). The van der Waals surface area contributed by atoms with Gasteiger partial charge in [0.2, 0.25) is 0 Å². The lowest BCUT2D eigenvalue weighted by Crippen LogP contribution is -2.46. The van der Waals surface area contributed by atoms with Crippen LogP contribution in [0.15, 0.2) is 12.2 Å². The number of aliphatic carboxylic acids is 1. The molecule has 1 saturated heterocycles. The van der Waals surface area contributed by atoms with Gasteiger partial charge in [-0.15, -0.1) is 0 Å². The third kappa shape index (κ3) is 2.87. The molecule has 0 unspecified atom stereocenters. The molecule has 1 N–H and O–H groups in total. The molecule has 1 aliphatic heterocycles. The van der Waals surface area contributed by atoms with Gasteiger partial charge in [-0.05, 0) is 40.2 Å². The van der Waals surface area contributed by atoms with Gasteiger partial charge in [0, 0.05) is 0 Å². The molecule has 0 aromatic heterocycles. The van der Waals surface area contributed by atoms with Crippen LogP contribution in [0.2, 0.25) is 0 Å². The number of ether oxygens (including phenoxy) is 1. The van der Waals surface area contributed by atoms with Gasteiger partial charge in [0.25, 0.3) is 0 Å². The molecule has 4 heteroatoms. The van der Waals surface area contributed by atoms with Crippen molar-refractivity contribution in [3.8, 4) is 0 Å². The second kappa shape index (κ2) is 5.19. The Bertz CT molecular complexity index is 312. The normalized spacial score (nSPS) is 30.9. The Morgan fingerprint density at radius 3 is 2.65 bits per heavy atom. The fourth-order valence-electron chi connectivity index (χ4n) is 2.25. The summed E-state index contributed by atoms with van der Waals surface area (Å²) in [5.41, 5.74) is -0.516. The van der Waals surface area contributed by atoms with Crippen molar-refractivity contribution >= 4 is 5.97 Å². The Morgan fingerprint density at radius 1 is 1.59 bits per heavy atom. The summed E-state index contributed by atoms with van der Waals surface area (Å²) in [6.45, 7) is 7.82. The third-order valence-electron chi connectivity index (χ3n) is 3.56. The molecule has 0 saturated carbocycles. The zero-order valence-corrected chi connectivity index (χ0v) is 11.3. The van der Waals surface area contributed by atoms with Crippen molar-refractivity contribution in [2.24, 2.45) is 5.92 Å². The van der Waals surface area contributed by atoms with Crippen LogP contribution in [0, 0.1) is 5.92 Å². The Kier molecular flexibility index (Phi) is 4.33. The molecule has 1 heterocycles. The van der Waals surface area contributed by atoms with Gasteiger partial charge in [-0.1, -0.05) is 19.1 Å². The number of carbonyl (C=O) groups is 1. The summed E-state index contributed by atoms with van der Waals surface area (Å²) in [4.78, 5) is 13.1. The van der Waals surface area contributed by atoms with Gasteiger partial charge in [0.05, 0.1) is 6.10 Å². The van der Waals surface area contributed by atoms with Crippen molar-refractivity contribution in [3.05, 3.63) is 12.2 Å². The lowest BCUT2D eigenvalue weighted by Gasteiger charge is -2.27. The summed E-state index contributed by atoms with van der Waals surface area (Å²) >= 11 is 0. The monoisotopic (exact) mass is 241 g/mol. The van der Waals surface area contributed by atoms with Crippen LogP contribution < -0.4 is 0 Å². The first-order valence-corrected chi connectivity index (χ1v) is 6.06. The molecule has 0 bridgehead atoms. The van der Waals surface area contributed by atoms with Gasteiger partial charge in [-0.2, -0.15) is 0 Å². The maximum absolute atomic E-state index is 11.3. The van der Waals surface area contributed by atoms with Crippen molar-refractivity contribution in [1.82, 2.24) is 4.90 Å². The number of rotatable bonds is 4. The highest BCUT2D eigenvalue weighted by molar-refractivity contribution is 5.74. The van der Waals surface area contributed by atoms with E-state index in [1.165, 1.54) is 0 Å². The van der Waals surface area contributed by atoms with E-state index in [1.807, 2.05) is 33.8 Å². The Morgan fingerprint density at radius 2 is 2.18 bits per heavy atom. The number of carboxylic acids is 1. The summed E-state index contributed by atoms with van der Waals surface area (Å²) in [6, 6.07) is -0.565. The molecular weight excluding hydrogens is 218 g/mol. The van der Waals surface area contributed by atoms with Crippen LogP contribution in [0.1, 0.15) is 34.1 Å². The zero-order valence-electron chi connectivity index (χ0n) is 11.3. The smallest absolute Gasteiger partial charge is 0.323 e. The maximum atomic E-state index is 11.3. The molecule has 17 heavy (non-hydrogen) atoms. The molecule has 0 aromatic rings. The second-order valence-electron chi connectivity index (χ2n) is 5.21. The second-order valence-corrected chi connectivity index (χ2v) is 5.21. The Hall–Kier alpha value is -0.870. The van der Waals surface area contributed by atoms with Crippen molar-refractivity contribution in [2.75, 3.05) is 7.05 Å². The van der Waals surface area contributed by atoms with E-state index in [0.717, 1.165) is 6.42 Å². The number of likely N-dealkylation sites (N-methyl/N-ethyl adjacent to an activating group) is 1. The summed E-state index contributed by atoms with van der Waals surface area (Å²) in [5, 5.41) is 9.32. The standard InChI is InChI=1S/C13H23NO3/c1-6-7-8-9(2)11-10(12(15)16)14(5)13(3,4)17-11/h6-7,9-11H,8H2,1-5H3,(H,15,16)/t9-,10+,11-/m1/s1. The minimum atomic E-state index is -0.810. The molecule has 98 valence electrons. The topological polar surface area (TPSA) is 49.8 Å². The molecule has 0 amide bonds. The zero-order chi connectivity index (χ0) is 13.2. The molecule has 0 radical (unpaired) electrons. The van der Waals surface area contributed by atoms with E-state index >= 15 is 0 Å². The van der Waals surface area contributed by atoms with Crippen LogP contribution in [-0.4, -0.2) is 40.9 Å². The lowest BCUT2D eigenvalue weighted by atomic mass is 9.94. The summed E-state index contributed by atoms with van der Waals surface area (Å²) < 4.78 is 5.91. The van der Waals surface area contributed by atoms with Gasteiger partial charge in [-0.25, -0.2) is 0 Å². The van der Waals surface area contributed by atoms with E-state index in [4.69, 9.17) is 4.74 Å². The van der Waals surface area contributed by atoms with Crippen molar-refractivity contribution < 1.29 is 14.6 Å². The molecule has 4 nitrogen and oxygen atoms in total. The first kappa shape index (κ1) is 14.2. The predicted octanol–water partition coefficient (Wildman–Crippen LogP) is 2.11. The minimum Gasteiger partial charge on any atom is -0.480 e. The van der Waals surface area contributed by atoms with Gasteiger partial charge < -0.3 is 9.84 Å². The summed E-state index contributed by atoms with van der Waals surface area (Å²) in [6.07, 6.45) is 4.62. The van der Waals surface area contributed by atoms with E-state index in [1.54, 1.807) is 11.9 Å². The average molecular weight is 241 g/mol. The van der Waals surface area contributed by atoms with E-state index in [2.05, 4.69) is 6.08 Å². The average Bonchev–Trinajstić information content (AvgIpc) is 2.47. The van der Waals surface area contributed by atoms with Crippen molar-refractivity contribution in [1.29, 1.82) is 0 Å². The minimum absolute atomic E-state index is 0.191. The molecule has 0 spiro atoms. The molecule has 1 fully saturated rings. The summed E-state index contributed by atoms with van der Waals surface area (Å²) in [5.74, 6) is -0.619. The Labute approximate surface area is 103 Å². The van der Waals surface area contributed by atoms with Gasteiger partial charge in [0.15, 0.2) is 0 Å². The van der Waals surface area contributed by atoms with E-state index < -0.39 is 17.7 Å². The maximum Gasteiger partial charge on any atom is 0.323 e. The molecule has 0 aromatic carbocycles.